The molecular weight excluding hydrogens is 495 g/mol. The normalized spacial score (nSPS) is 10.7. The van der Waals surface area contributed by atoms with E-state index in [9.17, 15) is 9.59 Å². The molecule has 0 saturated heterocycles. The second-order valence-electron chi connectivity index (χ2n) is 6.48. The second-order valence-corrected chi connectivity index (χ2v) is 8.62. The standard InChI is InChI=1S/C21H19Cl3N4O3S/c1-3-25-8-11-10-32-19(17(11)24)21(30)28-18-14(6-13(23)7-15(18)31-2)20(29)27-16-5-4-12(22)9-26-16/h4-7,9-10,25H,3,8H2,1-2H3,(H,28,30)(H,26,27,29). The van der Waals surface area contributed by atoms with E-state index >= 15 is 0 Å². The van der Waals surface area contributed by atoms with Crippen LogP contribution in [-0.2, 0) is 6.54 Å². The Balaban J connectivity index is 1.91. The summed E-state index contributed by atoms with van der Waals surface area (Å²) in [5, 5.41) is 11.4. The molecule has 0 spiro atoms. The molecule has 0 aliphatic rings. The minimum Gasteiger partial charge on any atom is -0.494 e. The number of halogens is 3. The van der Waals surface area contributed by atoms with Gasteiger partial charge in [-0.05, 0) is 35.7 Å². The molecule has 7 nitrogen and oxygen atoms in total. The Hall–Kier alpha value is -2.36. The van der Waals surface area contributed by atoms with Gasteiger partial charge in [0.25, 0.3) is 11.8 Å². The zero-order valence-corrected chi connectivity index (χ0v) is 20.2. The van der Waals surface area contributed by atoms with Gasteiger partial charge in [0.05, 0.1) is 28.4 Å². The molecule has 1 aromatic carbocycles. The van der Waals surface area contributed by atoms with Crippen molar-refractivity contribution in [1.82, 2.24) is 10.3 Å². The van der Waals surface area contributed by atoms with Gasteiger partial charge in [-0.3, -0.25) is 9.59 Å². The Kier molecular flexibility index (Phi) is 8.33. The van der Waals surface area contributed by atoms with Crippen molar-refractivity contribution < 1.29 is 14.3 Å². The number of ether oxygens (including phenoxy) is 1. The molecule has 3 rings (SSSR count). The lowest BCUT2D eigenvalue weighted by molar-refractivity contribution is 0.102. The Labute approximate surface area is 204 Å². The van der Waals surface area contributed by atoms with Crippen LogP contribution in [0, 0.1) is 0 Å². The Morgan fingerprint density at radius 3 is 2.53 bits per heavy atom. The lowest BCUT2D eigenvalue weighted by atomic mass is 10.1. The lowest BCUT2D eigenvalue weighted by Crippen LogP contribution is -2.19. The van der Waals surface area contributed by atoms with Crippen LogP contribution in [-0.4, -0.2) is 30.5 Å². The van der Waals surface area contributed by atoms with Crippen molar-refractivity contribution in [1.29, 1.82) is 0 Å². The van der Waals surface area contributed by atoms with E-state index in [1.165, 1.54) is 36.8 Å². The first-order valence-electron chi connectivity index (χ1n) is 9.42. The summed E-state index contributed by atoms with van der Waals surface area (Å²) >= 11 is 19.6. The SMILES string of the molecule is CCNCc1csc(C(=O)Nc2c(OC)cc(Cl)cc2C(=O)Nc2ccc(Cl)cn2)c1Cl. The molecule has 11 heteroatoms. The summed E-state index contributed by atoms with van der Waals surface area (Å²) in [7, 11) is 1.41. The van der Waals surface area contributed by atoms with Crippen LogP contribution >= 0.6 is 46.1 Å². The average Bonchev–Trinajstić information content (AvgIpc) is 3.14. The predicted molar refractivity (Wildman–Crippen MR) is 130 cm³/mol. The van der Waals surface area contributed by atoms with Crippen molar-refractivity contribution in [2.75, 3.05) is 24.3 Å². The molecule has 3 N–H and O–H groups in total. The van der Waals surface area contributed by atoms with Gasteiger partial charge in [-0.15, -0.1) is 11.3 Å². The summed E-state index contributed by atoms with van der Waals surface area (Å²) in [6.07, 6.45) is 1.40. The highest BCUT2D eigenvalue weighted by Crippen LogP contribution is 2.35. The second kappa shape index (κ2) is 11.0. The van der Waals surface area contributed by atoms with Gasteiger partial charge in [-0.2, -0.15) is 0 Å². The molecule has 2 heterocycles. The van der Waals surface area contributed by atoms with Gasteiger partial charge in [0, 0.05) is 23.8 Å². The maximum Gasteiger partial charge on any atom is 0.267 e. The van der Waals surface area contributed by atoms with E-state index in [2.05, 4.69) is 20.9 Å². The number of carbonyl (C=O) groups is 2. The lowest BCUT2D eigenvalue weighted by Gasteiger charge is -2.15. The van der Waals surface area contributed by atoms with Gasteiger partial charge < -0.3 is 20.7 Å². The first-order chi connectivity index (χ1) is 15.3. The number of methoxy groups -OCH3 is 1. The highest BCUT2D eigenvalue weighted by molar-refractivity contribution is 7.13. The van der Waals surface area contributed by atoms with E-state index in [4.69, 9.17) is 39.5 Å². The van der Waals surface area contributed by atoms with Gasteiger partial charge in [0.2, 0.25) is 0 Å². The number of benzene rings is 1. The van der Waals surface area contributed by atoms with Gasteiger partial charge >= 0.3 is 0 Å². The third-order valence-electron chi connectivity index (χ3n) is 4.31. The van der Waals surface area contributed by atoms with Gasteiger partial charge in [-0.25, -0.2) is 4.98 Å². The minimum absolute atomic E-state index is 0.0972. The first-order valence-corrected chi connectivity index (χ1v) is 11.4. The summed E-state index contributed by atoms with van der Waals surface area (Å²) in [5.74, 6) is -0.506. The fourth-order valence-electron chi connectivity index (χ4n) is 2.77. The summed E-state index contributed by atoms with van der Waals surface area (Å²) in [6, 6.07) is 6.07. The summed E-state index contributed by atoms with van der Waals surface area (Å²) in [6.45, 7) is 3.30. The predicted octanol–water partition coefficient (Wildman–Crippen LogP) is 5.73. The number of rotatable bonds is 8. The molecular formula is C21H19Cl3N4O3S. The number of nitrogens with one attached hydrogen (secondary N) is 3. The van der Waals surface area contributed by atoms with Crippen molar-refractivity contribution in [3.63, 3.8) is 0 Å². The number of amides is 2. The van der Waals surface area contributed by atoms with Crippen LogP contribution in [0.15, 0.2) is 35.8 Å². The van der Waals surface area contributed by atoms with Crippen LogP contribution in [0.25, 0.3) is 0 Å². The highest BCUT2D eigenvalue weighted by atomic mass is 35.5. The third-order valence-corrected chi connectivity index (χ3v) is 6.32. The van der Waals surface area contributed by atoms with Crippen molar-refractivity contribution in [3.05, 3.63) is 66.9 Å². The zero-order valence-electron chi connectivity index (χ0n) is 17.1. The number of carbonyl (C=O) groups excluding carboxylic acids is 2. The molecule has 0 atom stereocenters. The molecule has 2 amide bonds. The number of pyridine rings is 1. The fourth-order valence-corrected chi connectivity index (χ4v) is 4.35. The van der Waals surface area contributed by atoms with Crippen LogP contribution in [0.4, 0.5) is 11.5 Å². The molecule has 168 valence electrons. The van der Waals surface area contributed by atoms with E-state index < -0.39 is 11.8 Å². The number of hydrogen-bond donors (Lipinski definition) is 3. The zero-order chi connectivity index (χ0) is 23.3. The van der Waals surface area contributed by atoms with Gasteiger partial charge in [0.1, 0.15) is 16.4 Å². The quantitative estimate of drug-likeness (QED) is 0.358. The molecule has 2 aromatic heterocycles. The van der Waals surface area contributed by atoms with Crippen LogP contribution in [0.2, 0.25) is 15.1 Å². The number of hydrogen-bond acceptors (Lipinski definition) is 6. The molecule has 0 fully saturated rings. The van der Waals surface area contributed by atoms with Crippen molar-refractivity contribution in [3.8, 4) is 5.75 Å². The largest absolute Gasteiger partial charge is 0.494 e. The maximum atomic E-state index is 13.0. The smallest absolute Gasteiger partial charge is 0.267 e. The molecule has 3 aromatic rings. The molecule has 0 aliphatic heterocycles. The molecule has 32 heavy (non-hydrogen) atoms. The van der Waals surface area contributed by atoms with E-state index in [1.807, 2.05) is 12.3 Å². The Morgan fingerprint density at radius 2 is 1.88 bits per heavy atom. The third kappa shape index (κ3) is 5.70. The monoisotopic (exact) mass is 512 g/mol. The molecule has 0 saturated carbocycles. The summed E-state index contributed by atoms with van der Waals surface area (Å²) in [5.41, 5.74) is 1.07. The highest BCUT2D eigenvalue weighted by Gasteiger charge is 2.23. The summed E-state index contributed by atoms with van der Waals surface area (Å²) in [4.78, 5) is 30.3. The average molecular weight is 514 g/mol. The number of aromatic nitrogens is 1. The van der Waals surface area contributed by atoms with Crippen LogP contribution in [0.5, 0.6) is 5.75 Å². The van der Waals surface area contributed by atoms with Crippen molar-refractivity contribution in [2.45, 2.75) is 13.5 Å². The maximum absolute atomic E-state index is 13.0. The van der Waals surface area contributed by atoms with Crippen molar-refractivity contribution in [2.24, 2.45) is 0 Å². The van der Waals surface area contributed by atoms with Crippen molar-refractivity contribution >= 4 is 69.5 Å². The number of thiophene rings is 1. The topological polar surface area (TPSA) is 92.4 Å². The number of anilines is 2. The van der Waals surface area contributed by atoms with Crippen LogP contribution < -0.4 is 20.7 Å². The van der Waals surface area contributed by atoms with E-state index in [-0.39, 0.29) is 27.8 Å². The van der Waals surface area contributed by atoms with E-state index in [1.54, 1.807) is 12.1 Å². The van der Waals surface area contributed by atoms with Gasteiger partial charge in [0.15, 0.2) is 0 Å². The first kappa shape index (κ1) is 24.3. The number of nitrogens with zero attached hydrogens (tertiary/aromatic N) is 1. The molecule has 0 radical (unpaired) electrons. The fraction of sp³-hybridized carbons (Fsp3) is 0.190. The summed E-state index contributed by atoms with van der Waals surface area (Å²) < 4.78 is 5.36. The Morgan fingerprint density at radius 1 is 1.09 bits per heavy atom. The Bertz CT molecular complexity index is 1140. The van der Waals surface area contributed by atoms with E-state index in [0.717, 1.165) is 12.1 Å². The minimum atomic E-state index is -0.541. The van der Waals surface area contributed by atoms with Crippen LogP contribution in [0.1, 0.15) is 32.5 Å². The molecule has 0 aliphatic carbocycles. The molecule has 0 bridgehead atoms. The van der Waals surface area contributed by atoms with E-state index in [0.29, 0.717) is 21.5 Å². The van der Waals surface area contributed by atoms with Crippen LogP contribution in [0.3, 0.4) is 0 Å². The molecule has 0 unspecified atom stereocenters. The van der Waals surface area contributed by atoms with Gasteiger partial charge in [-0.1, -0.05) is 41.7 Å².